The Morgan fingerprint density at radius 3 is 1.38 bits per heavy atom. The smallest absolute Gasteiger partial charge is 0.227 e. The highest BCUT2D eigenvalue weighted by atomic mass is 16.4. The molecule has 272 valence electrons. The van der Waals surface area contributed by atoms with Gasteiger partial charge in [-0.2, -0.15) is 0 Å². The lowest BCUT2D eigenvalue weighted by Gasteiger charge is -2.16. The van der Waals surface area contributed by atoms with Gasteiger partial charge >= 0.3 is 0 Å². The zero-order valence-electron chi connectivity index (χ0n) is 31.1. The quantitative estimate of drug-likeness (QED) is 0.162. The molecule has 0 radical (unpaired) electrons. The largest absolute Gasteiger partial charge is 0.436 e. The first-order valence-electron chi connectivity index (χ1n) is 19.2. The van der Waals surface area contributed by atoms with Crippen molar-refractivity contribution in [3.05, 3.63) is 194 Å². The minimum absolute atomic E-state index is 0.613. The number of rotatable bonds is 7. The molecule has 0 aliphatic carbocycles. The fourth-order valence-electron chi connectivity index (χ4n) is 7.75. The summed E-state index contributed by atoms with van der Waals surface area (Å²) in [6.45, 7) is 0. The number of hydrogen-bond acceptors (Lipinski definition) is 6. The molecule has 0 fully saturated rings. The van der Waals surface area contributed by atoms with Crippen LogP contribution in [0, 0.1) is 0 Å². The predicted octanol–water partition coefficient (Wildman–Crippen LogP) is 13.6. The molecule has 0 saturated carbocycles. The zero-order valence-corrected chi connectivity index (χ0v) is 31.1. The van der Waals surface area contributed by atoms with Crippen molar-refractivity contribution in [3.8, 4) is 78.9 Å². The maximum atomic E-state index is 6.05. The van der Waals surface area contributed by atoms with E-state index in [-0.39, 0.29) is 0 Å². The predicted molar refractivity (Wildman–Crippen MR) is 233 cm³/mol. The summed E-state index contributed by atoms with van der Waals surface area (Å²) in [4.78, 5) is 19.4. The first kappa shape index (κ1) is 33.4. The van der Waals surface area contributed by atoms with Crippen LogP contribution in [0.2, 0.25) is 0 Å². The van der Waals surface area contributed by atoms with Gasteiger partial charge in [0.05, 0.1) is 17.1 Å². The number of fused-ring (bicyclic) bond motifs is 3. The average molecular weight is 745 g/mol. The van der Waals surface area contributed by atoms with Gasteiger partial charge in [-0.05, 0) is 111 Å². The zero-order chi connectivity index (χ0) is 38.4. The van der Waals surface area contributed by atoms with E-state index >= 15 is 0 Å². The summed E-state index contributed by atoms with van der Waals surface area (Å²) in [6, 6.07) is 64.3. The van der Waals surface area contributed by atoms with Crippen LogP contribution in [-0.2, 0) is 0 Å². The molecule has 0 aliphatic rings. The fourth-order valence-corrected chi connectivity index (χ4v) is 7.75. The van der Waals surface area contributed by atoms with Crippen LogP contribution in [0.1, 0.15) is 0 Å². The van der Waals surface area contributed by atoms with E-state index in [2.05, 4.69) is 131 Å². The lowest BCUT2D eigenvalue weighted by atomic mass is 9.91. The summed E-state index contributed by atoms with van der Waals surface area (Å²) < 4.78 is 12.1. The van der Waals surface area contributed by atoms with E-state index in [1.165, 1.54) is 0 Å². The van der Waals surface area contributed by atoms with Crippen LogP contribution in [0.3, 0.4) is 0 Å². The third-order valence-corrected chi connectivity index (χ3v) is 10.7. The molecule has 6 nitrogen and oxygen atoms in total. The molecule has 0 saturated heterocycles. The van der Waals surface area contributed by atoms with E-state index in [1.807, 2.05) is 72.9 Å². The van der Waals surface area contributed by atoms with E-state index in [9.17, 15) is 0 Å². The number of pyridine rings is 2. The number of nitrogens with zero attached hydrogens (tertiary/aromatic N) is 4. The summed E-state index contributed by atoms with van der Waals surface area (Å²) >= 11 is 0. The Hall–Kier alpha value is -7.96. The van der Waals surface area contributed by atoms with Gasteiger partial charge in [-0.25, -0.2) is 15.0 Å². The highest BCUT2D eigenvalue weighted by molar-refractivity contribution is 6.06. The van der Waals surface area contributed by atoms with Gasteiger partial charge in [-0.3, -0.25) is 4.98 Å². The lowest BCUT2D eigenvalue weighted by Crippen LogP contribution is -1.95. The molecule has 0 N–H and O–H groups in total. The number of benzene rings is 7. The van der Waals surface area contributed by atoms with Gasteiger partial charge in [0.15, 0.2) is 11.2 Å². The lowest BCUT2D eigenvalue weighted by molar-refractivity contribution is 0.619. The van der Waals surface area contributed by atoms with Crippen LogP contribution in [0.4, 0.5) is 0 Å². The Balaban J connectivity index is 0.960. The van der Waals surface area contributed by atoms with Gasteiger partial charge in [0.1, 0.15) is 11.0 Å². The van der Waals surface area contributed by atoms with Gasteiger partial charge in [-0.1, -0.05) is 115 Å². The van der Waals surface area contributed by atoms with Gasteiger partial charge in [-0.15, -0.1) is 0 Å². The molecule has 0 unspecified atom stereocenters. The standard InChI is InChI=1S/C52H32N4O2/c1-3-16-48-46(14-1)55-51(57-48)37-26-20-34(21-27-37)33-18-22-36(23-19-33)40-30-31-45(44-13-5-6-32-53-44)54-50(40)43-12-8-10-41-39(9-7-11-42(41)43)35-24-28-38(29-25-35)52-56-47-15-2-4-17-49(47)58-52/h1-32H. The van der Waals surface area contributed by atoms with Gasteiger partial charge in [0, 0.05) is 28.5 Å². The summed E-state index contributed by atoms with van der Waals surface area (Å²) in [5.74, 6) is 1.23. The fraction of sp³-hybridized carbons (Fsp3) is 0. The van der Waals surface area contributed by atoms with Crippen molar-refractivity contribution in [2.24, 2.45) is 0 Å². The highest BCUT2D eigenvalue weighted by Crippen LogP contribution is 2.40. The van der Waals surface area contributed by atoms with Gasteiger partial charge in [0.2, 0.25) is 11.8 Å². The minimum atomic E-state index is 0.613. The monoisotopic (exact) mass is 744 g/mol. The Morgan fingerprint density at radius 2 is 0.810 bits per heavy atom. The Bertz CT molecular complexity index is 3190. The molecule has 7 aromatic carbocycles. The molecule has 0 atom stereocenters. The van der Waals surface area contributed by atoms with Crippen LogP contribution in [-0.4, -0.2) is 19.9 Å². The van der Waals surface area contributed by atoms with Crippen LogP contribution in [0.25, 0.3) is 112 Å². The first-order chi connectivity index (χ1) is 28.7. The van der Waals surface area contributed by atoms with Gasteiger partial charge < -0.3 is 8.83 Å². The van der Waals surface area contributed by atoms with Crippen molar-refractivity contribution in [3.63, 3.8) is 0 Å². The van der Waals surface area contributed by atoms with Gasteiger partial charge in [0.25, 0.3) is 0 Å². The second-order valence-electron chi connectivity index (χ2n) is 14.2. The Morgan fingerprint density at radius 1 is 0.310 bits per heavy atom. The summed E-state index contributed by atoms with van der Waals surface area (Å²) in [7, 11) is 0. The van der Waals surface area contributed by atoms with Crippen molar-refractivity contribution >= 4 is 33.0 Å². The second kappa shape index (κ2) is 14.0. The van der Waals surface area contributed by atoms with Crippen LogP contribution in [0.5, 0.6) is 0 Å². The molecule has 11 rings (SSSR count). The van der Waals surface area contributed by atoms with E-state index in [1.54, 1.807) is 0 Å². The molecule has 0 aliphatic heterocycles. The van der Waals surface area contributed by atoms with Crippen LogP contribution in [0.15, 0.2) is 203 Å². The second-order valence-corrected chi connectivity index (χ2v) is 14.2. The summed E-state index contributed by atoms with van der Waals surface area (Å²) in [5, 5.41) is 2.26. The van der Waals surface area contributed by atoms with Crippen LogP contribution < -0.4 is 0 Å². The molecule has 4 heterocycles. The molecule has 4 aromatic heterocycles. The Kier molecular flexibility index (Phi) is 8.04. The maximum absolute atomic E-state index is 6.05. The van der Waals surface area contributed by atoms with Crippen molar-refractivity contribution in [2.75, 3.05) is 0 Å². The SMILES string of the molecule is c1ccc(-c2ccc(-c3ccc(-c4ccc(-c5nc6ccccc6o5)cc4)cc3)c(-c3cccc4c(-c5ccc(-c6nc7ccccc7o6)cc5)cccc34)n2)nc1. The number of oxazole rings is 2. The highest BCUT2D eigenvalue weighted by Gasteiger charge is 2.17. The molecular weight excluding hydrogens is 713 g/mol. The summed E-state index contributed by atoms with van der Waals surface area (Å²) in [5.41, 5.74) is 15.3. The molecule has 0 spiro atoms. The van der Waals surface area contributed by atoms with Crippen molar-refractivity contribution in [1.29, 1.82) is 0 Å². The van der Waals surface area contributed by atoms with E-state index < -0.39 is 0 Å². The summed E-state index contributed by atoms with van der Waals surface area (Å²) in [6.07, 6.45) is 1.81. The van der Waals surface area contributed by atoms with E-state index in [0.717, 1.165) is 100 Å². The minimum Gasteiger partial charge on any atom is -0.436 e. The maximum Gasteiger partial charge on any atom is 0.227 e. The van der Waals surface area contributed by atoms with E-state index in [0.29, 0.717) is 11.8 Å². The molecular formula is C52H32N4O2. The third-order valence-electron chi connectivity index (χ3n) is 10.7. The molecule has 11 aromatic rings. The van der Waals surface area contributed by atoms with Crippen molar-refractivity contribution in [2.45, 2.75) is 0 Å². The molecule has 0 amide bonds. The molecule has 6 heteroatoms. The molecule has 0 bridgehead atoms. The first-order valence-corrected chi connectivity index (χ1v) is 19.2. The molecule has 58 heavy (non-hydrogen) atoms. The topological polar surface area (TPSA) is 77.8 Å². The number of para-hydroxylation sites is 4. The van der Waals surface area contributed by atoms with Crippen LogP contribution >= 0.6 is 0 Å². The normalized spacial score (nSPS) is 11.4. The van der Waals surface area contributed by atoms with Crippen molar-refractivity contribution < 1.29 is 8.83 Å². The Labute approximate surface area is 333 Å². The van der Waals surface area contributed by atoms with Crippen molar-refractivity contribution in [1.82, 2.24) is 19.9 Å². The number of hydrogen-bond donors (Lipinski definition) is 0. The average Bonchev–Trinajstić information content (AvgIpc) is 3.94. The number of aromatic nitrogens is 4. The third kappa shape index (κ3) is 6.01. The van der Waals surface area contributed by atoms with E-state index in [4.69, 9.17) is 18.8 Å².